The van der Waals surface area contributed by atoms with Crippen molar-refractivity contribution < 1.29 is 9.53 Å². The van der Waals surface area contributed by atoms with Crippen LogP contribution in [0.15, 0.2) is 35.3 Å². The van der Waals surface area contributed by atoms with Gasteiger partial charge in [0.1, 0.15) is 0 Å². The highest BCUT2D eigenvalue weighted by molar-refractivity contribution is 5.95. The van der Waals surface area contributed by atoms with Crippen molar-refractivity contribution in [1.82, 2.24) is 15.1 Å². The number of aryl methyl sites for hydroxylation is 3. The molecule has 1 saturated heterocycles. The Morgan fingerprint density at radius 2 is 2.15 bits per heavy atom. The van der Waals surface area contributed by atoms with Crippen LogP contribution in [0.1, 0.15) is 27.9 Å². The number of hydrogen-bond acceptors (Lipinski definition) is 5. The van der Waals surface area contributed by atoms with Gasteiger partial charge in [-0.25, -0.2) is 4.68 Å². The van der Waals surface area contributed by atoms with Gasteiger partial charge in [-0.2, -0.15) is 5.10 Å². The molecule has 7 heteroatoms. The molecule has 0 unspecified atom stereocenters. The summed E-state index contributed by atoms with van der Waals surface area (Å²) in [7, 11) is 1.63. The minimum atomic E-state index is -0.128. The van der Waals surface area contributed by atoms with Gasteiger partial charge in [0.2, 0.25) is 0 Å². The lowest BCUT2D eigenvalue weighted by atomic mass is 10.1. The summed E-state index contributed by atoms with van der Waals surface area (Å²) in [5, 5.41) is 7.06. The maximum Gasteiger partial charge on any atom is 0.268 e. The van der Waals surface area contributed by atoms with Crippen molar-refractivity contribution in [2.45, 2.75) is 26.4 Å². The first-order valence-corrected chi connectivity index (χ1v) is 9.19. The Balaban J connectivity index is 1.53. The van der Waals surface area contributed by atoms with E-state index < -0.39 is 0 Å². The van der Waals surface area contributed by atoms with Crippen LogP contribution in [0, 0.1) is 13.8 Å². The molecule has 0 bridgehead atoms. The maximum atomic E-state index is 12.4. The van der Waals surface area contributed by atoms with Crippen LogP contribution in [0.5, 0.6) is 0 Å². The van der Waals surface area contributed by atoms with Crippen molar-refractivity contribution in [2.24, 2.45) is 7.05 Å². The molecule has 144 valence electrons. The second-order valence-corrected chi connectivity index (χ2v) is 6.98. The van der Waals surface area contributed by atoms with E-state index in [1.165, 1.54) is 4.68 Å². The summed E-state index contributed by atoms with van der Waals surface area (Å²) in [6.07, 6.45) is 2.42. The van der Waals surface area contributed by atoms with E-state index in [1.807, 2.05) is 32.0 Å². The van der Waals surface area contributed by atoms with E-state index >= 15 is 0 Å². The number of rotatable bonds is 5. The van der Waals surface area contributed by atoms with E-state index in [0.29, 0.717) is 31.7 Å². The number of nitrogens with one attached hydrogen (secondary N) is 1. The molecule has 1 aliphatic heterocycles. The smallest absolute Gasteiger partial charge is 0.268 e. The second kappa shape index (κ2) is 8.35. The van der Waals surface area contributed by atoms with Crippen LogP contribution in [-0.2, 0) is 11.8 Å². The lowest BCUT2D eigenvalue weighted by Crippen LogP contribution is -2.44. The van der Waals surface area contributed by atoms with Crippen LogP contribution in [0.2, 0.25) is 0 Å². The minimum Gasteiger partial charge on any atom is -0.374 e. The van der Waals surface area contributed by atoms with Crippen LogP contribution in [0.3, 0.4) is 0 Å². The largest absolute Gasteiger partial charge is 0.374 e. The molecule has 1 aromatic carbocycles. The van der Waals surface area contributed by atoms with Gasteiger partial charge in [0.25, 0.3) is 11.5 Å². The molecule has 0 aliphatic carbocycles. The summed E-state index contributed by atoms with van der Waals surface area (Å²) in [5.41, 5.74) is 3.44. The Morgan fingerprint density at radius 1 is 1.33 bits per heavy atom. The Hall–Kier alpha value is -2.67. The molecule has 1 N–H and O–H groups in total. The number of morpholine rings is 1. The molecule has 0 saturated carbocycles. The van der Waals surface area contributed by atoms with Gasteiger partial charge < -0.3 is 15.0 Å². The predicted molar refractivity (Wildman–Crippen MR) is 104 cm³/mol. The lowest BCUT2D eigenvalue weighted by molar-refractivity contribution is 0.0353. The number of aromatic nitrogens is 2. The first kappa shape index (κ1) is 19.1. The van der Waals surface area contributed by atoms with Crippen LogP contribution in [0.4, 0.5) is 5.69 Å². The van der Waals surface area contributed by atoms with Gasteiger partial charge in [0, 0.05) is 38.3 Å². The van der Waals surface area contributed by atoms with Crippen LogP contribution >= 0.6 is 0 Å². The first-order valence-electron chi connectivity index (χ1n) is 9.19. The van der Waals surface area contributed by atoms with E-state index in [9.17, 15) is 9.59 Å². The third-order valence-corrected chi connectivity index (χ3v) is 4.85. The monoisotopic (exact) mass is 370 g/mol. The molecule has 1 aliphatic rings. The van der Waals surface area contributed by atoms with E-state index in [1.54, 1.807) is 19.3 Å². The number of carbonyl (C=O) groups is 1. The van der Waals surface area contributed by atoms with Gasteiger partial charge in [0.15, 0.2) is 0 Å². The zero-order valence-corrected chi connectivity index (χ0v) is 16.1. The third kappa shape index (κ3) is 4.74. The lowest BCUT2D eigenvalue weighted by Gasteiger charge is -2.34. The summed E-state index contributed by atoms with van der Waals surface area (Å²) in [5.74, 6) is -0.0559. The molecule has 2 heterocycles. The predicted octanol–water partition coefficient (Wildman–Crippen LogP) is 1.42. The summed E-state index contributed by atoms with van der Waals surface area (Å²) in [6, 6.07) is 7.47. The maximum absolute atomic E-state index is 12.4. The standard InChI is InChI=1S/C20H26N4O3/c1-14-4-5-15(2)18(10-14)20(26)21-7-6-17-13-24(8-9-27-17)16-11-19(25)23(3)22-12-16/h4-5,10-12,17H,6-9,13H2,1-3H3,(H,21,26)/t17-/m1/s1. The van der Waals surface area contributed by atoms with Crippen molar-refractivity contribution in [3.63, 3.8) is 0 Å². The van der Waals surface area contributed by atoms with Crippen molar-refractivity contribution in [1.29, 1.82) is 0 Å². The molecular formula is C20H26N4O3. The molecule has 3 rings (SSSR count). The number of amides is 1. The Labute approximate surface area is 158 Å². The Bertz CT molecular complexity index is 878. The van der Waals surface area contributed by atoms with Crippen molar-refractivity contribution >= 4 is 11.6 Å². The van der Waals surface area contributed by atoms with Crippen molar-refractivity contribution in [2.75, 3.05) is 31.1 Å². The van der Waals surface area contributed by atoms with Crippen LogP contribution in [-0.4, -0.2) is 48.0 Å². The van der Waals surface area contributed by atoms with Gasteiger partial charge >= 0.3 is 0 Å². The highest BCUT2D eigenvalue weighted by Gasteiger charge is 2.21. The van der Waals surface area contributed by atoms with E-state index in [-0.39, 0.29) is 17.6 Å². The average Bonchev–Trinajstić information content (AvgIpc) is 2.66. The minimum absolute atomic E-state index is 0.00159. The van der Waals surface area contributed by atoms with Gasteiger partial charge in [-0.3, -0.25) is 9.59 Å². The summed E-state index contributed by atoms with van der Waals surface area (Å²) < 4.78 is 7.13. The zero-order chi connectivity index (χ0) is 19.4. The number of carbonyl (C=O) groups excluding carboxylic acids is 1. The number of benzene rings is 1. The molecular weight excluding hydrogens is 344 g/mol. The molecule has 1 amide bonds. The summed E-state index contributed by atoms with van der Waals surface area (Å²) >= 11 is 0. The summed E-state index contributed by atoms with van der Waals surface area (Å²) in [4.78, 5) is 26.3. The molecule has 2 aromatic rings. The van der Waals surface area contributed by atoms with Crippen molar-refractivity contribution in [3.05, 3.63) is 57.5 Å². The number of anilines is 1. The third-order valence-electron chi connectivity index (χ3n) is 4.85. The normalized spacial score (nSPS) is 17.0. The fourth-order valence-electron chi connectivity index (χ4n) is 3.18. The molecule has 1 fully saturated rings. The topological polar surface area (TPSA) is 76.5 Å². The first-order chi connectivity index (χ1) is 12.9. The molecule has 0 spiro atoms. The van der Waals surface area contributed by atoms with E-state index in [0.717, 1.165) is 23.4 Å². The molecule has 1 atom stereocenters. The van der Waals surface area contributed by atoms with Gasteiger partial charge in [-0.05, 0) is 31.9 Å². The van der Waals surface area contributed by atoms with Crippen LogP contribution < -0.4 is 15.8 Å². The van der Waals surface area contributed by atoms with Crippen molar-refractivity contribution in [3.8, 4) is 0 Å². The molecule has 1 aromatic heterocycles. The van der Waals surface area contributed by atoms with Gasteiger partial charge in [-0.1, -0.05) is 17.7 Å². The van der Waals surface area contributed by atoms with E-state index in [2.05, 4.69) is 15.3 Å². The SMILES string of the molecule is Cc1ccc(C)c(C(=O)NCC[C@@H]2CN(c3cnn(C)c(=O)c3)CCO2)c1. The number of ether oxygens (including phenoxy) is 1. The van der Waals surface area contributed by atoms with Crippen LogP contribution in [0.25, 0.3) is 0 Å². The highest BCUT2D eigenvalue weighted by Crippen LogP contribution is 2.16. The molecule has 7 nitrogen and oxygen atoms in total. The second-order valence-electron chi connectivity index (χ2n) is 6.98. The number of hydrogen-bond donors (Lipinski definition) is 1. The van der Waals surface area contributed by atoms with Gasteiger partial charge in [-0.15, -0.1) is 0 Å². The quantitative estimate of drug-likeness (QED) is 0.862. The highest BCUT2D eigenvalue weighted by atomic mass is 16.5. The molecule has 27 heavy (non-hydrogen) atoms. The van der Waals surface area contributed by atoms with Gasteiger partial charge in [0.05, 0.1) is 24.6 Å². The average molecular weight is 370 g/mol. The zero-order valence-electron chi connectivity index (χ0n) is 16.1. The fraction of sp³-hybridized carbons (Fsp3) is 0.450. The molecule has 0 radical (unpaired) electrons. The number of nitrogens with zero attached hydrogens (tertiary/aromatic N) is 3. The van der Waals surface area contributed by atoms with E-state index in [4.69, 9.17) is 4.74 Å². The summed E-state index contributed by atoms with van der Waals surface area (Å²) in [6.45, 7) is 6.44. The Morgan fingerprint density at radius 3 is 2.93 bits per heavy atom. The Kier molecular flexibility index (Phi) is 5.91. The fourth-order valence-corrected chi connectivity index (χ4v) is 3.18.